The molecule has 1 aromatic carbocycles. The first-order valence-electron chi connectivity index (χ1n) is 5.16. The molecule has 0 saturated heterocycles. The van der Waals surface area contributed by atoms with Crippen LogP contribution in [0.2, 0.25) is 0 Å². The smallest absolute Gasteiger partial charge is 0.240 e. The van der Waals surface area contributed by atoms with E-state index in [1.165, 1.54) is 12.1 Å². The molecular weight excluding hydrogens is 274 g/mol. The van der Waals surface area contributed by atoms with Crippen LogP contribution in [0, 0.1) is 11.3 Å². The maximum absolute atomic E-state index is 11.9. The van der Waals surface area contributed by atoms with E-state index in [9.17, 15) is 8.42 Å². The van der Waals surface area contributed by atoms with Crippen LogP contribution in [0.15, 0.2) is 29.2 Å². The lowest BCUT2D eigenvalue weighted by atomic mass is 10.2. The van der Waals surface area contributed by atoms with Crippen molar-refractivity contribution in [3.8, 4) is 6.07 Å². The van der Waals surface area contributed by atoms with Gasteiger partial charge in [0, 0.05) is 12.6 Å². The minimum absolute atomic E-state index is 0. The number of nitriles is 1. The van der Waals surface area contributed by atoms with E-state index in [1.807, 2.05) is 13.0 Å². The quantitative estimate of drug-likeness (QED) is 0.842. The van der Waals surface area contributed by atoms with E-state index in [2.05, 4.69) is 10.0 Å². The molecule has 0 spiro atoms. The van der Waals surface area contributed by atoms with Crippen LogP contribution in [0.4, 0.5) is 0 Å². The third kappa shape index (κ3) is 4.63. The number of nitrogens with zero attached hydrogens (tertiary/aromatic N) is 1. The van der Waals surface area contributed by atoms with Gasteiger partial charge in [-0.05, 0) is 32.2 Å². The van der Waals surface area contributed by atoms with Gasteiger partial charge in [0.2, 0.25) is 10.0 Å². The number of hydrogen-bond donors (Lipinski definition) is 2. The van der Waals surface area contributed by atoms with Crippen LogP contribution in [-0.2, 0) is 10.0 Å². The van der Waals surface area contributed by atoms with Crippen LogP contribution in [0.3, 0.4) is 0 Å². The maximum Gasteiger partial charge on any atom is 0.240 e. The van der Waals surface area contributed by atoms with Gasteiger partial charge in [0.15, 0.2) is 0 Å². The van der Waals surface area contributed by atoms with E-state index in [0.29, 0.717) is 12.1 Å². The van der Waals surface area contributed by atoms with Gasteiger partial charge in [0.25, 0.3) is 0 Å². The average molecular weight is 290 g/mol. The maximum atomic E-state index is 11.9. The molecule has 7 heteroatoms. The summed E-state index contributed by atoms with van der Waals surface area (Å²) in [5, 5.41) is 11.6. The van der Waals surface area contributed by atoms with E-state index in [0.717, 1.165) is 0 Å². The van der Waals surface area contributed by atoms with Crippen LogP contribution in [0.25, 0.3) is 0 Å². The fourth-order valence-electron chi connectivity index (χ4n) is 1.15. The monoisotopic (exact) mass is 289 g/mol. The first-order valence-corrected chi connectivity index (χ1v) is 6.65. The second-order valence-electron chi connectivity index (χ2n) is 3.68. The largest absolute Gasteiger partial charge is 0.316 e. The molecule has 1 rings (SSSR count). The van der Waals surface area contributed by atoms with E-state index >= 15 is 0 Å². The molecule has 0 bridgehead atoms. The van der Waals surface area contributed by atoms with Crippen molar-refractivity contribution >= 4 is 22.4 Å². The third-order valence-electron chi connectivity index (χ3n) is 2.35. The molecule has 5 nitrogen and oxygen atoms in total. The van der Waals surface area contributed by atoms with Crippen molar-refractivity contribution in [1.29, 1.82) is 5.26 Å². The summed E-state index contributed by atoms with van der Waals surface area (Å²) in [6.45, 7) is 2.17. The van der Waals surface area contributed by atoms with Gasteiger partial charge in [-0.2, -0.15) is 5.26 Å². The van der Waals surface area contributed by atoms with Crippen molar-refractivity contribution in [2.45, 2.75) is 17.9 Å². The molecule has 100 valence electrons. The van der Waals surface area contributed by atoms with Gasteiger partial charge in [-0.15, -0.1) is 12.4 Å². The van der Waals surface area contributed by atoms with Crippen molar-refractivity contribution < 1.29 is 8.42 Å². The number of nitrogens with one attached hydrogen (secondary N) is 2. The molecule has 0 radical (unpaired) electrons. The second kappa shape index (κ2) is 7.34. The minimum atomic E-state index is -3.54. The Bertz CT molecular complexity index is 525. The third-order valence-corrected chi connectivity index (χ3v) is 3.77. The normalized spacial score (nSPS) is 12.3. The number of likely N-dealkylation sites (N-methyl/N-ethyl adjacent to an activating group) is 1. The number of sulfonamides is 1. The summed E-state index contributed by atoms with van der Waals surface area (Å²) in [6.07, 6.45) is 0. The topological polar surface area (TPSA) is 82.0 Å². The molecular formula is C11H16ClN3O2S. The van der Waals surface area contributed by atoms with Gasteiger partial charge in [-0.25, -0.2) is 13.1 Å². The first kappa shape index (κ1) is 16.9. The molecule has 0 fully saturated rings. The number of benzene rings is 1. The first-order chi connectivity index (χ1) is 7.99. The van der Waals surface area contributed by atoms with Crippen molar-refractivity contribution in [3.05, 3.63) is 29.8 Å². The predicted octanol–water partition coefficient (Wildman–Crippen LogP) is 0.866. The highest BCUT2D eigenvalue weighted by molar-refractivity contribution is 7.89. The van der Waals surface area contributed by atoms with Crippen molar-refractivity contribution in [3.63, 3.8) is 0 Å². The molecule has 18 heavy (non-hydrogen) atoms. The van der Waals surface area contributed by atoms with Crippen LogP contribution in [-0.4, -0.2) is 28.1 Å². The van der Waals surface area contributed by atoms with Crippen LogP contribution >= 0.6 is 12.4 Å². The van der Waals surface area contributed by atoms with Crippen LogP contribution in [0.5, 0.6) is 0 Å². The lowest BCUT2D eigenvalue weighted by molar-refractivity contribution is 0.554. The van der Waals surface area contributed by atoms with E-state index in [-0.39, 0.29) is 23.3 Å². The predicted molar refractivity (Wildman–Crippen MR) is 72.1 cm³/mol. The van der Waals surface area contributed by atoms with Gasteiger partial charge in [0.1, 0.15) is 0 Å². The summed E-state index contributed by atoms with van der Waals surface area (Å²) in [5.41, 5.74) is 0.328. The fourth-order valence-corrected chi connectivity index (χ4v) is 2.33. The number of rotatable bonds is 5. The van der Waals surface area contributed by atoms with Gasteiger partial charge < -0.3 is 5.32 Å². The van der Waals surface area contributed by atoms with Crippen molar-refractivity contribution in [2.75, 3.05) is 13.6 Å². The molecule has 0 amide bonds. The lowest BCUT2D eigenvalue weighted by Crippen LogP contribution is -2.37. The highest BCUT2D eigenvalue weighted by Gasteiger charge is 2.14. The van der Waals surface area contributed by atoms with E-state index in [4.69, 9.17) is 5.26 Å². The van der Waals surface area contributed by atoms with E-state index in [1.54, 1.807) is 19.2 Å². The fraction of sp³-hybridized carbons (Fsp3) is 0.364. The zero-order valence-corrected chi connectivity index (χ0v) is 11.8. The molecule has 0 aliphatic rings. The Labute approximate surface area is 114 Å². The minimum Gasteiger partial charge on any atom is -0.316 e. The molecule has 0 aliphatic heterocycles. The van der Waals surface area contributed by atoms with Crippen LogP contribution < -0.4 is 10.0 Å². The molecule has 0 aliphatic carbocycles. The summed E-state index contributed by atoms with van der Waals surface area (Å²) in [4.78, 5) is 0.111. The summed E-state index contributed by atoms with van der Waals surface area (Å²) < 4.78 is 26.2. The van der Waals surface area contributed by atoms with Gasteiger partial charge in [-0.3, -0.25) is 0 Å². The Morgan fingerprint density at radius 2 is 2.11 bits per heavy atom. The van der Waals surface area contributed by atoms with E-state index < -0.39 is 10.0 Å². The van der Waals surface area contributed by atoms with Crippen LogP contribution in [0.1, 0.15) is 12.5 Å². The molecule has 0 aromatic heterocycles. The van der Waals surface area contributed by atoms with Crippen molar-refractivity contribution in [2.24, 2.45) is 0 Å². The SMILES string of the molecule is CNC(C)CNS(=O)(=O)c1cccc(C#N)c1.Cl. The molecule has 1 atom stereocenters. The highest BCUT2D eigenvalue weighted by atomic mass is 35.5. The standard InChI is InChI=1S/C11H15N3O2S.ClH/c1-9(13-2)8-14-17(15,16)11-5-3-4-10(6-11)7-12;/h3-6,9,13-14H,8H2,1-2H3;1H. The van der Waals surface area contributed by atoms with Crippen molar-refractivity contribution in [1.82, 2.24) is 10.0 Å². The summed E-state index contributed by atoms with van der Waals surface area (Å²) >= 11 is 0. The highest BCUT2D eigenvalue weighted by Crippen LogP contribution is 2.10. The number of halogens is 1. The zero-order chi connectivity index (χ0) is 12.9. The molecule has 0 saturated carbocycles. The zero-order valence-electron chi connectivity index (χ0n) is 10.2. The Morgan fingerprint density at radius 3 is 2.67 bits per heavy atom. The molecule has 1 aromatic rings. The van der Waals surface area contributed by atoms with Gasteiger partial charge >= 0.3 is 0 Å². The summed E-state index contributed by atoms with van der Waals surface area (Å²) in [7, 11) is -1.78. The Hall–Kier alpha value is -1.13. The Morgan fingerprint density at radius 1 is 1.44 bits per heavy atom. The molecule has 2 N–H and O–H groups in total. The summed E-state index contributed by atoms with van der Waals surface area (Å²) in [5.74, 6) is 0. The Kier molecular flexibility index (Phi) is 6.88. The number of hydrogen-bond acceptors (Lipinski definition) is 4. The summed E-state index contributed by atoms with van der Waals surface area (Å²) in [6, 6.07) is 7.89. The van der Waals surface area contributed by atoms with Gasteiger partial charge in [-0.1, -0.05) is 6.07 Å². The second-order valence-corrected chi connectivity index (χ2v) is 5.45. The molecule has 1 unspecified atom stereocenters. The molecule has 0 heterocycles. The average Bonchev–Trinajstić information content (AvgIpc) is 2.36. The van der Waals surface area contributed by atoms with Gasteiger partial charge in [0.05, 0.1) is 16.5 Å². The lowest BCUT2D eigenvalue weighted by Gasteiger charge is -2.11. The Balaban J connectivity index is 0.00000289.